The molecular formula is C15H25N3. The van der Waals surface area contributed by atoms with Crippen LogP contribution >= 0.6 is 0 Å². The highest BCUT2D eigenvalue weighted by molar-refractivity contribution is 5.45. The number of hydrogen-bond acceptors (Lipinski definition) is 3. The number of pyridine rings is 1. The van der Waals surface area contributed by atoms with Gasteiger partial charge in [0.25, 0.3) is 0 Å². The Morgan fingerprint density at radius 2 is 2.17 bits per heavy atom. The Morgan fingerprint density at radius 3 is 2.72 bits per heavy atom. The van der Waals surface area contributed by atoms with Crippen LogP contribution < -0.4 is 10.6 Å². The van der Waals surface area contributed by atoms with Gasteiger partial charge in [-0.2, -0.15) is 0 Å². The van der Waals surface area contributed by atoms with E-state index in [-0.39, 0.29) is 6.04 Å². The summed E-state index contributed by atoms with van der Waals surface area (Å²) in [5.74, 6) is 0.850. The van der Waals surface area contributed by atoms with Gasteiger partial charge in [0.2, 0.25) is 0 Å². The minimum Gasteiger partial charge on any atom is -0.370 e. The van der Waals surface area contributed by atoms with Crippen molar-refractivity contribution in [1.82, 2.24) is 4.98 Å². The molecule has 3 nitrogen and oxygen atoms in total. The maximum absolute atomic E-state index is 5.82. The molecule has 1 heterocycles. The molecule has 0 aliphatic heterocycles. The lowest BCUT2D eigenvalue weighted by atomic mass is 9.86. The van der Waals surface area contributed by atoms with Gasteiger partial charge in [0.05, 0.1) is 17.6 Å². The number of nitrogens with two attached hydrogens (primary N) is 1. The van der Waals surface area contributed by atoms with Gasteiger partial charge in [-0.3, -0.25) is 4.98 Å². The SMILES string of the molecule is CC1CCCC(N(C)c2ccc(C(C)N)nc2)C1. The van der Waals surface area contributed by atoms with Gasteiger partial charge in [0.1, 0.15) is 0 Å². The average Bonchev–Trinajstić information content (AvgIpc) is 2.38. The van der Waals surface area contributed by atoms with E-state index in [9.17, 15) is 0 Å². The summed E-state index contributed by atoms with van der Waals surface area (Å²) in [6, 6.07) is 4.86. The highest BCUT2D eigenvalue weighted by Gasteiger charge is 2.22. The lowest BCUT2D eigenvalue weighted by Gasteiger charge is -2.35. The quantitative estimate of drug-likeness (QED) is 0.892. The van der Waals surface area contributed by atoms with Crippen molar-refractivity contribution >= 4 is 5.69 Å². The molecule has 1 aliphatic rings. The zero-order chi connectivity index (χ0) is 13.1. The highest BCUT2D eigenvalue weighted by atomic mass is 15.1. The first-order valence-corrected chi connectivity index (χ1v) is 7.02. The predicted octanol–water partition coefficient (Wildman–Crippen LogP) is 3.12. The summed E-state index contributed by atoms with van der Waals surface area (Å²) in [4.78, 5) is 6.83. The Morgan fingerprint density at radius 1 is 1.39 bits per heavy atom. The first-order chi connectivity index (χ1) is 8.58. The topological polar surface area (TPSA) is 42.1 Å². The molecule has 0 spiro atoms. The number of rotatable bonds is 3. The minimum absolute atomic E-state index is 0.0130. The Hall–Kier alpha value is -1.09. The minimum atomic E-state index is 0.0130. The van der Waals surface area contributed by atoms with E-state index in [2.05, 4.69) is 29.9 Å². The molecule has 1 aromatic heterocycles. The second-order valence-corrected chi connectivity index (χ2v) is 5.77. The zero-order valence-electron chi connectivity index (χ0n) is 11.8. The Bertz CT molecular complexity index is 372. The van der Waals surface area contributed by atoms with E-state index in [1.165, 1.54) is 31.4 Å². The van der Waals surface area contributed by atoms with Gasteiger partial charge in [0.15, 0.2) is 0 Å². The van der Waals surface area contributed by atoms with Crippen LogP contribution in [0.5, 0.6) is 0 Å². The Kier molecular flexibility index (Phi) is 4.23. The fraction of sp³-hybridized carbons (Fsp3) is 0.667. The summed E-state index contributed by atoms with van der Waals surface area (Å²) in [7, 11) is 2.19. The number of nitrogens with zero attached hydrogens (tertiary/aromatic N) is 2. The zero-order valence-corrected chi connectivity index (χ0v) is 11.8. The maximum atomic E-state index is 5.82. The summed E-state index contributed by atoms with van der Waals surface area (Å²) in [5, 5.41) is 0. The third-order valence-corrected chi connectivity index (χ3v) is 4.10. The van der Waals surface area contributed by atoms with Crippen LogP contribution in [0.25, 0.3) is 0 Å². The molecule has 0 saturated heterocycles. The third-order valence-electron chi connectivity index (χ3n) is 4.10. The largest absolute Gasteiger partial charge is 0.370 e. The molecule has 1 aliphatic carbocycles. The van der Waals surface area contributed by atoms with Crippen LogP contribution in [0, 0.1) is 5.92 Å². The molecule has 0 aromatic carbocycles. The van der Waals surface area contributed by atoms with E-state index in [1.807, 2.05) is 19.2 Å². The Labute approximate surface area is 110 Å². The van der Waals surface area contributed by atoms with Crippen LogP contribution in [0.1, 0.15) is 51.3 Å². The smallest absolute Gasteiger partial charge is 0.0569 e. The second kappa shape index (κ2) is 5.70. The molecule has 0 radical (unpaired) electrons. The fourth-order valence-electron chi connectivity index (χ4n) is 2.84. The van der Waals surface area contributed by atoms with Crippen molar-refractivity contribution < 1.29 is 0 Å². The first kappa shape index (κ1) is 13.3. The average molecular weight is 247 g/mol. The van der Waals surface area contributed by atoms with Crippen LogP contribution in [-0.4, -0.2) is 18.1 Å². The second-order valence-electron chi connectivity index (χ2n) is 5.77. The molecule has 3 atom stereocenters. The molecule has 2 N–H and O–H groups in total. The molecule has 1 fully saturated rings. The summed E-state index contributed by atoms with van der Waals surface area (Å²) in [6.07, 6.45) is 7.28. The van der Waals surface area contributed by atoms with Crippen molar-refractivity contribution in [3.8, 4) is 0 Å². The molecular weight excluding hydrogens is 222 g/mol. The van der Waals surface area contributed by atoms with Crippen LogP contribution in [0.15, 0.2) is 18.3 Å². The highest BCUT2D eigenvalue weighted by Crippen LogP contribution is 2.29. The van der Waals surface area contributed by atoms with Crippen LogP contribution in [0.4, 0.5) is 5.69 Å². The van der Waals surface area contributed by atoms with Gasteiger partial charge in [0, 0.05) is 19.1 Å². The van der Waals surface area contributed by atoms with Gasteiger partial charge in [-0.05, 0) is 37.8 Å². The van der Waals surface area contributed by atoms with Gasteiger partial charge in [-0.15, -0.1) is 0 Å². The van der Waals surface area contributed by atoms with Crippen molar-refractivity contribution in [3.63, 3.8) is 0 Å². The van der Waals surface area contributed by atoms with Crippen molar-refractivity contribution in [2.24, 2.45) is 11.7 Å². The molecule has 18 heavy (non-hydrogen) atoms. The normalized spacial score (nSPS) is 25.8. The monoisotopic (exact) mass is 247 g/mol. The van der Waals surface area contributed by atoms with E-state index in [4.69, 9.17) is 5.73 Å². The van der Waals surface area contributed by atoms with E-state index in [1.54, 1.807) is 0 Å². The standard InChI is InChI=1S/C15H25N3/c1-11-5-4-6-13(9-11)18(3)14-7-8-15(12(2)16)17-10-14/h7-8,10-13H,4-6,9,16H2,1-3H3. The fourth-order valence-corrected chi connectivity index (χ4v) is 2.84. The van der Waals surface area contributed by atoms with Gasteiger partial charge >= 0.3 is 0 Å². The maximum Gasteiger partial charge on any atom is 0.0569 e. The molecule has 3 heteroatoms. The van der Waals surface area contributed by atoms with Crippen LogP contribution in [-0.2, 0) is 0 Å². The van der Waals surface area contributed by atoms with Gasteiger partial charge in [-0.1, -0.05) is 19.8 Å². The first-order valence-electron chi connectivity index (χ1n) is 7.02. The molecule has 0 bridgehead atoms. The van der Waals surface area contributed by atoms with Gasteiger partial charge < -0.3 is 10.6 Å². The number of anilines is 1. The predicted molar refractivity (Wildman–Crippen MR) is 76.7 cm³/mol. The molecule has 1 aromatic rings. The number of hydrogen-bond donors (Lipinski definition) is 1. The number of aromatic nitrogens is 1. The summed E-state index contributed by atoms with van der Waals surface area (Å²) >= 11 is 0. The molecule has 2 rings (SSSR count). The van der Waals surface area contributed by atoms with E-state index in [0.717, 1.165) is 11.6 Å². The van der Waals surface area contributed by atoms with Crippen molar-refractivity contribution in [2.45, 2.75) is 51.6 Å². The van der Waals surface area contributed by atoms with Gasteiger partial charge in [-0.25, -0.2) is 0 Å². The van der Waals surface area contributed by atoms with Crippen LogP contribution in [0.2, 0.25) is 0 Å². The molecule has 100 valence electrons. The van der Waals surface area contributed by atoms with Crippen molar-refractivity contribution in [2.75, 3.05) is 11.9 Å². The molecule has 3 unspecified atom stereocenters. The summed E-state index contributed by atoms with van der Waals surface area (Å²) in [6.45, 7) is 4.33. The molecule has 0 amide bonds. The summed E-state index contributed by atoms with van der Waals surface area (Å²) in [5.41, 5.74) is 7.99. The van der Waals surface area contributed by atoms with E-state index < -0.39 is 0 Å². The lowest BCUT2D eigenvalue weighted by Crippen LogP contribution is -2.35. The van der Waals surface area contributed by atoms with Crippen molar-refractivity contribution in [3.05, 3.63) is 24.0 Å². The van der Waals surface area contributed by atoms with Crippen LogP contribution in [0.3, 0.4) is 0 Å². The lowest BCUT2D eigenvalue weighted by molar-refractivity contribution is 0.336. The summed E-state index contributed by atoms with van der Waals surface area (Å²) < 4.78 is 0. The third kappa shape index (κ3) is 3.02. The van der Waals surface area contributed by atoms with E-state index in [0.29, 0.717) is 6.04 Å². The molecule has 1 saturated carbocycles. The van der Waals surface area contributed by atoms with Crippen molar-refractivity contribution in [1.29, 1.82) is 0 Å². The Balaban J connectivity index is 2.05. The van der Waals surface area contributed by atoms with E-state index >= 15 is 0 Å².